The van der Waals surface area contributed by atoms with Crippen molar-refractivity contribution in [1.29, 1.82) is 0 Å². The number of hydrogen-bond donors (Lipinski definition) is 1. The number of aromatic nitrogens is 2. The highest BCUT2D eigenvalue weighted by Crippen LogP contribution is 2.22. The molecule has 2 heterocycles. The summed E-state index contributed by atoms with van der Waals surface area (Å²) in [6, 6.07) is 6.02. The molecule has 1 amide bonds. The first kappa shape index (κ1) is 16.9. The first-order chi connectivity index (χ1) is 12.0. The van der Waals surface area contributed by atoms with Crippen molar-refractivity contribution in [3.05, 3.63) is 48.0 Å². The fourth-order valence-electron chi connectivity index (χ4n) is 2.82. The standard InChI is InChI=1S/C17H18FN3O4/c18-14-3-1-2-4-15(14)25-11-16(22)20-7-5-13(6-8-20)21-10-12(9-19-21)17(23)24/h1-4,9-10,13H,5-8,11H2,(H,23,24). The molecule has 7 nitrogen and oxygen atoms in total. The Bertz CT molecular complexity index is 769. The zero-order chi connectivity index (χ0) is 17.8. The summed E-state index contributed by atoms with van der Waals surface area (Å²) < 4.78 is 20.4. The van der Waals surface area contributed by atoms with Gasteiger partial charge in [0, 0.05) is 19.3 Å². The topological polar surface area (TPSA) is 84.7 Å². The Morgan fingerprint density at radius 3 is 2.64 bits per heavy atom. The normalized spacial score (nSPS) is 15.2. The number of para-hydroxylation sites is 1. The third-order valence-electron chi connectivity index (χ3n) is 4.23. The SMILES string of the molecule is O=C(O)c1cnn(C2CCN(C(=O)COc3ccccc3F)CC2)c1. The largest absolute Gasteiger partial charge is 0.481 e. The summed E-state index contributed by atoms with van der Waals surface area (Å²) in [6.45, 7) is 0.829. The van der Waals surface area contributed by atoms with Crippen molar-refractivity contribution in [2.75, 3.05) is 19.7 Å². The first-order valence-corrected chi connectivity index (χ1v) is 7.97. The highest BCUT2D eigenvalue weighted by atomic mass is 19.1. The molecule has 0 unspecified atom stereocenters. The molecule has 1 aromatic heterocycles. The van der Waals surface area contributed by atoms with Gasteiger partial charge in [-0.1, -0.05) is 12.1 Å². The molecule has 8 heteroatoms. The minimum absolute atomic E-state index is 0.0588. The van der Waals surface area contributed by atoms with Gasteiger partial charge in [0.2, 0.25) is 0 Å². The van der Waals surface area contributed by atoms with Crippen LogP contribution in [0.4, 0.5) is 4.39 Å². The zero-order valence-electron chi connectivity index (χ0n) is 13.5. The van der Waals surface area contributed by atoms with E-state index in [4.69, 9.17) is 9.84 Å². The second kappa shape index (κ2) is 7.33. The Morgan fingerprint density at radius 2 is 2.00 bits per heavy atom. The third-order valence-corrected chi connectivity index (χ3v) is 4.23. The number of hydrogen-bond acceptors (Lipinski definition) is 4. The van der Waals surface area contributed by atoms with E-state index in [1.165, 1.54) is 24.5 Å². The number of nitrogens with zero attached hydrogens (tertiary/aromatic N) is 3. The Labute approximate surface area is 143 Å². The molecule has 0 radical (unpaired) electrons. The minimum atomic E-state index is -1.01. The van der Waals surface area contributed by atoms with Gasteiger partial charge in [-0.2, -0.15) is 5.10 Å². The zero-order valence-corrected chi connectivity index (χ0v) is 13.5. The molecule has 0 spiro atoms. The van der Waals surface area contributed by atoms with Crippen LogP contribution in [0.3, 0.4) is 0 Å². The maximum Gasteiger partial charge on any atom is 0.338 e. The molecular weight excluding hydrogens is 329 g/mol. The number of ether oxygens (including phenoxy) is 1. The van der Waals surface area contributed by atoms with Crippen molar-refractivity contribution in [3.63, 3.8) is 0 Å². The molecule has 25 heavy (non-hydrogen) atoms. The fourth-order valence-corrected chi connectivity index (χ4v) is 2.82. The molecule has 0 aliphatic carbocycles. The highest BCUT2D eigenvalue weighted by molar-refractivity contribution is 5.86. The van der Waals surface area contributed by atoms with Crippen LogP contribution < -0.4 is 4.74 Å². The predicted molar refractivity (Wildman–Crippen MR) is 85.9 cm³/mol. The summed E-state index contributed by atoms with van der Waals surface area (Å²) in [5, 5.41) is 13.0. The van der Waals surface area contributed by atoms with Gasteiger partial charge in [0.05, 0.1) is 17.8 Å². The molecule has 1 aromatic carbocycles. The average Bonchev–Trinajstić information content (AvgIpc) is 3.11. The third kappa shape index (κ3) is 3.96. The summed E-state index contributed by atoms with van der Waals surface area (Å²) in [4.78, 5) is 24.8. The molecule has 0 atom stereocenters. The van der Waals surface area contributed by atoms with Crippen molar-refractivity contribution >= 4 is 11.9 Å². The molecule has 1 fully saturated rings. The number of piperidine rings is 1. The summed E-state index contributed by atoms with van der Waals surface area (Å²) in [6.07, 6.45) is 4.17. The smallest absolute Gasteiger partial charge is 0.338 e. The van der Waals surface area contributed by atoms with Gasteiger partial charge in [-0.15, -0.1) is 0 Å². The van der Waals surface area contributed by atoms with Gasteiger partial charge in [-0.3, -0.25) is 9.48 Å². The number of halogens is 1. The molecule has 2 aromatic rings. The number of carboxylic acid groups (broad SMARTS) is 1. The number of likely N-dealkylation sites (tertiary alicyclic amines) is 1. The fraction of sp³-hybridized carbons (Fsp3) is 0.353. The predicted octanol–water partition coefficient (Wildman–Crippen LogP) is 1.96. The van der Waals surface area contributed by atoms with Crippen molar-refractivity contribution in [2.45, 2.75) is 18.9 Å². The summed E-state index contributed by atoms with van der Waals surface area (Å²) in [7, 11) is 0. The monoisotopic (exact) mass is 347 g/mol. The Hall–Kier alpha value is -2.90. The number of aromatic carboxylic acids is 1. The van der Waals surface area contributed by atoms with Crippen LogP contribution in [0.15, 0.2) is 36.7 Å². The van der Waals surface area contributed by atoms with Gasteiger partial charge in [0.15, 0.2) is 18.2 Å². The molecule has 1 aliphatic rings. The van der Waals surface area contributed by atoms with E-state index < -0.39 is 11.8 Å². The van der Waals surface area contributed by atoms with Crippen LogP contribution in [-0.2, 0) is 4.79 Å². The van der Waals surface area contributed by atoms with Gasteiger partial charge >= 0.3 is 5.97 Å². The van der Waals surface area contributed by atoms with E-state index in [1.54, 1.807) is 21.7 Å². The number of rotatable bonds is 5. The Morgan fingerprint density at radius 1 is 1.28 bits per heavy atom. The summed E-state index contributed by atoms with van der Waals surface area (Å²) in [5.74, 6) is -1.65. The maximum atomic E-state index is 13.5. The van der Waals surface area contributed by atoms with Crippen LogP contribution in [0.2, 0.25) is 0 Å². The minimum Gasteiger partial charge on any atom is -0.481 e. The second-order valence-corrected chi connectivity index (χ2v) is 5.85. The highest BCUT2D eigenvalue weighted by Gasteiger charge is 2.25. The maximum absolute atomic E-state index is 13.5. The molecule has 3 rings (SSSR count). The number of carbonyl (C=O) groups excluding carboxylic acids is 1. The average molecular weight is 347 g/mol. The first-order valence-electron chi connectivity index (χ1n) is 7.97. The second-order valence-electron chi connectivity index (χ2n) is 5.85. The van der Waals surface area contributed by atoms with E-state index in [2.05, 4.69) is 5.10 Å². The van der Waals surface area contributed by atoms with E-state index in [0.29, 0.717) is 25.9 Å². The summed E-state index contributed by atoms with van der Waals surface area (Å²) in [5.41, 5.74) is 0.150. The lowest BCUT2D eigenvalue weighted by Crippen LogP contribution is -2.41. The molecule has 0 saturated carbocycles. The van der Waals surface area contributed by atoms with E-state index in [9.17, 15) is 14.0 Å². The van der Waals surface area contributed by atoms with Crippen molar-refractivity contribution in [3.8, 4) is 5.75 Å². The van der Waals surface area contributed by atoms with Crippen LogP contribution in [-0.4, -0.2) is 51.4 Å². The molecule has 1 saturated heterocycles. The van der Waals surface area contributed by atoms with Crippen LogP contribution in [0, 0.1) is 5.82 Å². The van der Waals surface area contributed by atoms with Crippen molar-refractivity contribution in [2.24, 2.45) is 0 Å². The van der Waals surface area contributed by atoms with E-state index in [0.717, 1.165) is 0 Å². The number of benzene rings is 1. The lowest BCUT2D eigenvalue weighted by Gasteiger charge is -2.32. The van der Waals surface area contributed by atoms with Gasteiger partial charge in [-0.05, 0) is 25.0 Å². The van der Waals surface area contributed by atoms with E-state index in [1.807, 2.05) is 0 Å². The number of amides is 1. The lowest BCUT2D eigenvalue weighted by molar-refractivity contribution is -0.134. The van der Waals surface area contributed by atoms with Crippen LogP contribution in [0.25, 0.3) is 0 Å². The van der Waals surface area contributed by atoms with Crippen molar-refractivity contribution < 1.29 is 23.8 Å². The number of carbonyl (C=O) groups is 2. The molecular formula is C17H18FN3O4. The van der Waals surface area contributed by atoms with Crippen LogP contribution in [0.5, 0.6) is 5.75 Å². The Kier molecular flexibility index (Phi) is 4.97. The van der Waals surface area contributed by atoms with Gasteiger partial charge in [-0.25, -0.2) is 9.18 Å². The molecule has 1 N–H and O–H groups in total. The summed E-state index contributed by atoms with van der Waals surface area (Å²) >= 11 is 0. The van der Waals surface area contributed by atoms with Crippen LogP contribution in [0.1, 0.15) is 29.2 Å². The molecule has 0 bridgehead atoms. The van der Waals surface area contributed by atoms with Gasteiger partial charge in [0.1, 0.15) is 0 Å². The van der Waals surface area contributed by atoms with Crippen LogP contribution >= 0.6 is 0 Å². The Balaban J connectivity index is 1.50. The van der Waals surface area contributed by atoms with E-state index in [-0.39, 0.29) is 29.9 Å². The molecule has 132 valence electrons. The van der Waals surface area contributed by atoms with Gasteiger partial charge in [0.25, 0.3) is 5.91 Å². The van der Waals surface area contributed by atoms with E-state index >= 15 is 0 Å². The molecule has 1 aliphatic heterocycles. The van der Waals surface area contributed by atoms with Crippen molar-refractivity contribution in [1.82, 2.24) is 14.7 Å². The number of carboxylic acids is 1. The lowest BCUT2D eigenvalue weighted by atomic mass is 10.1. The van der Waals surface area contributed by atoms with Gasteiger partial charge < -0.3 is 14.7 Å². The quantitative estimate of drug-likeness (QED) is 0.894.